The van der Waals surface area contributed by atoms with Crippen LogP contribution >= 0.6 is 12.4 Å². The van der Waals surface area contributed by atoms with Crippen molar-refractivity contribution < 1.29 is 17.6 Å². The number of sulfone groups is 1. The van der Waals surface area contributed by atoms with Crippen LogP contribution in [-0.4, -0.2) is 19.9 Å². The van der Waals surface area contributed by atoms with E-state index < -0.39 is 15.7 Å². The van der Waals surface area contributed by atoms with E-state index in [-0.39, 0.29) is 22.2 Å². The molecular weight excluding hydrogens is 355 g/mol. The largest absolute Gasteiger partial charge is 0.407 e. The first-order valence-corrected chi connectivity index (χ1v) is 8.53. The van der Waals surface area contributed by atoms with E-state index in [0.717, 1.165) is 6.07 Å². The highest BCUT2D eigenvalue weighted by Crippen LogP contribution is 2.33. The van der Waals surface area contributed by atoms with Crippen molar-refractivity contribution in [3.8, 4) is 5.75 Å². The maximum atomic E-state index is 13.9. The molecule has 24 heavy (non-hydrogen) atoms. The topological polar surface area (TPSA) is 71.2 Å². The zero-order valence-corrected chi connectivity index (χ0v) is 14.4. The Bertz CT molecular complexity index is 957. The molecule has 128 valence electrons. The first-order chi connectivity index (χ1) is 11.1. The SMILES string of the molecule is CCNOc1cccc2c(S(=O)(=O)c3ccccc3F)c[nH]c12.Cl. The second-order valence-corrected chi connectivity index (χ2v) is 6.75. The number of halogens is 2. The molecule has 2 aromatic carbocycles. The minimum Gasteiger partial charge on any atom is -0.407 e. The number of aromatic nitrogens is 1. The Balaban J connectivity index is 0.00000208. The van der Waals surface area contributed by atoms with Gasteiger partial charge >= 0.3 is 0 Å². The van der Waals surface area contributed by atoms with E-state index >= 15 is 0 Å². The Morgan fingerprint density at radius 2 is 1.88 bits per heavy atom. The van der Waals surface area contributed by atoms with Gasteiger partial charge in [0, 0.05) is 18.1 Å². The molecule has 0 aliphatic carbocycles. The number of hydrogen-bond acceptors (Lipinski definition) is 4. The van der Waals surface area contributed by atoms with Gasteiger partial charge in [0.1, 0.15) is 10.7 Å². The van der Waals surface area contributed by atoms with Crippen LogP contribution in [0.2, 0.25) is 0 Å². The van der Waals surface area contributed by atoms with Crippen molar-refractivity contribution in [2.75, 3.05) is 6.54 Å². The molecule has 5 nitrogen and oxygen atoms in total. The van der Waals surface area contributed by atoms with Crippen molar-refractivity contribution in [1.82, 2.24) is 10.5 Å². The van der Waals surface area contributed by atoms with Gasteiger partial charge in [-0.3, -0.25) is 0 Å². The smallest absolute Gasteiger partial charge is 0.211 e. The highest BCUT2D eigenvalue weighted by Gasteiger charge is 2.25. The highest BCUT2D eigenvalue weighted by atomic mass is 35.5. The summed E-state index contributed by atoms with van der Waals surface area (Å²) < 4.78 is 39.4. The first-order valence-electron chi connectivity index (χ1n) is 7.05. The number of H-pyrrole nitrogens is 1. The van der Waals surface area contributed by atoms with Crippen LogP contribution in [0.4, 0.5) is 4.39 Å². The van der Waals surface area contributed by atoms with Crippen LogP contribution in [0, 0.1) is 5.82 Å². The van der Waals surface area contributed by atoms with E-state index in [1.165, 1.54) is 24.4 Å². The van der Waals surface area contributed by atoms with E-state index in [0.29, 0.717) is 23.2 Å². The average Bonchev–Trinajstić information content (AvgIpc) is 2.98. The number of aromatic amines is 1. The average molecular weight is 371 g/mol. The Morgan fingerprint density at radius 1 is 1.12 bits per heavy atom. The summed E-state index contributed by atoms with van der Waals surface area (Å²) in [4.78, 5) is 7.93. The molecule has 3 aromatic rings. The second-order valence-electron chi connectivity index (χ2n) is 4.87. The van der Waals surface area contributed by atoms with Crippen LogP contribution in [-0.2, 0) is 9.84 Å². The van der Waals surface area contributed by atoms with Crippen molar-refractivity contribution in [3.05, 3.63) is 54.5 Å². The van der Waals surface area contributed by atoms with E-state index in [9.17, 15) is 12.8 Å². The lowest BCUT2D eigenvalue weighted by Crippen LogP contribution is -2.17. The molecule has 0 saturated carbocycles. The van der Waals surface area contributed by atoms with Crippen molar-refractivity contribution in [3.63, 3.8) is 0 Å². The summed E-state index contributed by atoms with van der Waals surface area (Å²) in [6, 6.07) is 10.4. The van der Waals surface area contributed by atoms with Crippen LogP contribution in [0.25, 0.3) is 10.9 Å². The van der Waals surface area contributed by atoms with E-state index in [1.807, 2.05) is 6.92 Å². The molecule has 1 aromatic heterocycles. The molecule has 8 heteroatoms. The zero-order valence-electron chi connectivity index (χ0n) is 12.7. The molecule has 0 amide bonds. The minimum atomic E-state index is -3.97. The Labute approximate surface area is 145 Å². The molecular formula is C16H16ClFN2O3S. The first kappa shape index (κ1) is 18.3. The van der Waals surface area contributed by atoms with Gasteiger partial charge < -0.3 is 9.82 Å². The van der Waals surface area contributed by atoms with Gasteiger partial charge in [0.25, 0.3) is 0 Å². The van der Waals surface area contributed by atoms with Crippen LogP contribution < -0.4 is 10.3 Å². The van der Waals surface area contributed by atoms with Gasteiger partial charge in [0.05, 0.1) is 10.4 Å². The lowest BCUT2D eigenvalue weighted by atomic mass is 10.2. The fraction of sp³-hybridized carbons (Fsp3) is 0.125. The third kappa shape index (κ3) is 3.10. The Morgan fingerprint density at radius 3 is 2.58 bits per heavy atom. The molecule has 0 unspecified atom stereocenters. The van der Waals surface area contributed by atoms with Gasteiger partial charge in [-0.1, -0.05) is 24.3 Å². The van der Waals surface area contributed by atoms with Crippen molar-refractivity contribution in [1.29, 1.82) is 0 Å². The van der Waals surface area contributed by atoms with Gasteiger partial charge in [0.15, 0.2) is 5.75 Å². The van der Waals surface area contributed by atoms with Crippen LogP contribution in [0.1, 0.15) is 6.92 Å². The fourth-order valence-corrected chi connectivity index (χ4v) is 3.83. The monoisotopic (exact) mass is 370 g/mol. The number of benzene rings is 2. The maximum absolute atomic E-state index is 13.9. The number of nitrogens with one attached hydrogen (secondary N) is 2. The molecule has 0 aliphatic heterocycles. The normalized spacial score (nSPS) is 11.2. The molecule has 0 spiro atoms. The predicted molar refractivity (Wildman–Crippen MR) is 91.7 cm³/mol. The lowest BCUT2D eigenvalue weighted by molar-refractivity contribution is 0.205. The standard InChI is InChI=1S/C16H15FN2O3S.ClH/c1-2-19-22-13-8-5-6-11-15(10-18-16(11)13)23(20,21)14-9-4-3-7-12(14)17;/h3-10,18-19H,2H2,1H3;1H. The number of rotatable bonds is 5. The van der Waals surface area contributed by atoms with Crippen LogP contribution in [0.3, 0.4) is 0 Å². The summed E-state index contributed by atoms with van der Waals surface area (Å²) in [5.74, 6) is -0.304. The van der Waals surface area contributed by atoms with Crippen molar-refractivity contribution in [2.24, 2.45) is 0 Å². The zero-order chi connectivity index (χ0) is 16.4. The summed E-state index contributed by atoms with van der Waals surface area (Å²) in [6.45, 7) is 2.47. The third-order valence-electron chi connectivity index (χ3n) is 3.38. The summed E-state index contributed by atoms with van der Waals surface area (Å²) in [5.41, 5.74) is 3.25. The van der Waals surface area contributed by atoms with E-state index in [4.69, 9.17) is 4.84 Å². The molecule has 3 rings (SSSR count). The molecule has 0 saturated heterocycles. The maximum Gasteiger partial charge on any atom is 0.211 e. The third-order valence-corrected chi connectivity index (χ3v) is 5.21. The molecule has 0 bridgehead atoms. The van der Waals surface area contributed by atoms with Gasteiger partial charge in [-0.25, -0.2) is 12.8 Å². The molecule has 0 atom stereocenters. The predicted octanol–water partition coefficient (Wildman–Crippen LogP) is 3.46. The van der Waals surface area contributed by atoms with Crippen molar-refractivity contribution in [2.45, 2.75) is 16.7 Å². The number of fused-ring (bicyclic) bond motifs is 1. The quantitative estimate of drug-likeness (QED) is 0.675. The second kappa shape index (κ2) is 7.21. The summed E-state index contributed by atoms with van der Waals surface area (Å²) in [7, 11) is -3.97. The highest BCUT2D eigenvalue weighted by molar-refractivity contribution is 7.91. The van der Waals surface area contributed by atoms with Crippen LogP contribution in [0.15, 0.2) is 58.5 Å². The fourth-order valence-electron chi connectivity index (χ4n) is 2.34. The molecule has 0 aliphatic rings. The van der Waals surface area contributed by atoms with Gasteiger partial charge in [0.2, 0.25) is 9.84 Å². The summed E-state index contributed by atoms with van der Waals surface area (Å²) in [6.07, 6.45) is 1.35. The van der Waals surface area contributed by atoms with E-state index in [2.05, 4.69) is 10.5 Å². The molecule has 0 fully saturated rings. The van der Waals surface area contributed by atoms with Gasteiger partial charge in [-0.2, -0.15) is 5.48 Å². The molecule has 0 radical (unpaired) electrons. The van der Waals surface area contributed by atoms with Crippen molar-refractivity contribution >= 4 is 33.1 Å². The van der Waals surface area contributed by atoms with Gasteiger partial charge in [-0.15, -0.1) is 12.4 Å². The summed E-state index contributed by atoms with van der Waals surface area (Å²) in [5, 5.41) is 0.448. The number of para-hydroxylation sites is 1. The van der Waals surface area contributed by atoms with E-state index in [1.54, 1.807) is 18.2 Å². The molecule has 1 heterocycles. The summed E-state index contributed by atoms with van der Waals surface area (Å²) >= 11 is 0. The Kier molecular flexibility index (Phi) is 5.48. The number of hydroxylamine groups is 1. The minimum absolute atomic E-state index is 0. The van der Waals surface area contributed by atoms with Gasteiger partial charge in [-0.05, 0) is 25.1 Å². The Hall–Kier alpha value is -2.09. The molecule has 2 N–H and O–H groups in total. The number of hydrogen-bond donors (Lipinski definition) is 2. The lowest BCUT2D eigenvalue weighted by Gasteiger charge is -2.07. The van der Waals surface area contributed by atoms with Crippen LogP contribution in [0.5, 0.6) is 5.75 Å².